The summed E-state index contributed by atoms with van der Waals surface area (Å²) in [6.07, 6.45) is 3.38. The van der Waals surface area contributed by atoms with Crippen LogP contribution in [0.5, 0.6) is 0 Å². The monoisotopic (exact) mass is 376 g/mol. The standard InChI is InChI=1S/C19H22ClFN4O/c1-3-25(4-2)18-22-11-15(20)16(24-18)17(26)23-12-19(9-10-19)13-5-7-14(21)8-6-13/h5-8,11H,3-4,9-10,12H2,1-2H3,(H,23,26). The first-order valence-corrected chi connectivity index (χ1v) is 9.18. The molecule has 138 valence electrons. The lowest BCUT2D eigenvalue weighted by Gasteiger charge is -2.20. The van der Waals surface area contributed by atoms with Crippen LogP contribution in [0.25, 0.3) is 0 Å². The summed E-state index contributed by atoms with van der Waals surface area (Å²) in [6.45, 7) is 5.96. The van der Waals surface area contributed by atoms with Gasteiger partial charge in [-0.1, -0.05) is 23.7 Å². The van der Waals surface area contributed by atoms with E-state index in [4.69, 9.17) is 11.6 Å². The van der Waals surface area contributed by atoms with Crippen LogP contribution in [-0.4, -0.2) is 35.5 Å². The van der Waals surface area contributed by atoms with Gasteiger partial charge in [0.05, 0.1) is 11.2 Å². The van der Waals surface area contributed by atoms with Gasteiger partial charge in [-0.05, 0) is 44.4 Å². The lowest BCUT2D eigenvalue weighted by Crippen LogP contribution is -2.33. The third kappa shape index (κ3) is 3.80. The SMILES string of the molecule is CCN(CC)c1ncc(Cl)c(C(=O)NCC2(c3ccc(F)cc3)CC2)n1. The lowest BCUT2D eigenvalue weighted by molar-refractivity contribution is 0.0944. The number of carbonyl (C=O) groups excluding carboxylic acids is 1. The Morgan fingerprint density at radius 1 is 1.27 bits per heavy atom. The quantitative estimate of drug-likeness (QED) is 0.802. The van der Waals surface area contributed by atoms with E-state index in [-0.39, 0.29) is 27.9 Å². The summed E-state index contributed by atoms with van der Waals surface area (Å²) in [5.74, 6) is -0.0892. The maximum atomic E-state index is 13.1. The molecule has 7 heteroatoms. The van der Waals surface area contributed by atoms with Crippen molar-refractivity contribution in [2.75, 3.05) is 24.5 Å². The lowest BCUT2D eigenvalue weighted by atomic mass is 9.96. The number of amides is 1. The highest BCUT2D eigenvalue weighted by Crippen LogP contribution is 2.47. The number of carbonyl (C=O) groups is 1. The first-order valence-electron chi connectivity index (χ1n) is 8.81. The molecule has 1 aliphatic carbocycles. The second-order valence-corrected chi connectivity index (χ2v) is 6.92. The van der Waals surface area contributed by atoms with Crippen LogP contribution in [0, 0.1) is 5.82 Å². The molecule has 1 amide bonds. The van der Waals surface area contributed by atoms with Crippen molar-refractivity contribution in [1.82, 2.24) is 15.3 Å². The molecular formula is C19H22ClFN4O. The molecule has 0 bridgehead atoms. The van der Waals surface area contributed by atoms with Crippen LogP contribution in [0.3, 0.4) is 0 Å². The summed E-state index contributed by atoms with van der Waals surface area (Å²) in [5, 5.41) is 3.16. The molecule has 1 heterocycles. The van der Waals surface area contributed by atoms with E-state index in [1.807, 2.05) is 18.7 Å². The van der Waals surface area contributed by atoms with E-state index in [2.05, 4.69) is 15.3 Å². The Balaban J connectivity index is 1.72. The second-order valence-electron chi connectivity index (χ2n) is 6.51. The van der Waals surface area contributed by atoms with E-state index >= 15 is 0 Å². The maximum Gasteiger partial charge on any atom is 0.271 e. The predicted octanol–water partition coefficient (Wildman–Crippen LogP) is 3.58. The highest BCUT2D eigenvalue weighted by Gasteiger charge is 2.44. The minimum absolute atomic E-state index is 0.120. The Hall–Kier alpha value is -2.21. The number of benzene rings is 1. The topological polar surface area (TPSA) is 58.1 Å². The molecule has 1 saturated carbocycles. The van der Waals surface area contributed by atoms with Gasteiger partial charge in [0, 0.05) is 25.0 Å². The molecule has 1 aliphatic rings. The van der Waals surface area contributed by atoms with E-state index in [0.29, 0.717) is 12.5 Å². The number of anilines is 1. The number of nitrogens with one attached hydrogen (secondary N) is 1. The summed E-state index contributed by atoms with van der Waals surface area (Å²) >= 11 is 6.14. The summed E-state index contributed by atoms with van der Waals surface area (Å²) in [7, 11) is 0. The molecule has 5 nitrogen and oxygen atoms in total. The Kier molecular flexibility index (Phi) is 5.41. The smallest absolute Gasteiger partial charge is 0.271 e. The van der Waals surface area contributed by atoms with Gasteiger partial charge in [-0.15, -0.1) is 0 Å². The normalized spacial score (nSPS) is 14.8. The van der Waals surface area contributed by atoms with Gasteiger partial charge < -0.3 is 10.2 Å². The zero-order valence-corrected chi connectivity index (χ0v) is 15.7. The molecule has 1 aromatic carbocycles. The maximum absolute atomic E-state index is 13.1. The zero-order valence-electron chi connectivity index (χ0n) is 14.9. The number of nitrogens with zero attached hydrogens (tertiary/aromatic N) is 3. The average Bonchev–Trinajstić information content (AvgIpc) is 3.43. The van der Waals surface area contributed by atoms with Crippen molar-refractivity contribution in [3.8, 4) is 0 Å². The van der Waals surface area contributed by atoms with Crippen molar-refractivity contribution < 1.29 is 9.18 Å². The molecule has 0 aliphatic heterocycles. The molecule has 26 heavy (non-hydrogen) atoms. The van der Waals surface area contributed by atoms with Crippen LogP contribution < -0.4 is 10.2 Å². The fraction of sp³-hybridized carbons (Fsp3) is 0.421. The van der Waals surface area contributed by atoms with Gasteiger partial charge in [-0.25, -0.2) is 14.4 Å². The molecule has 1 fully saturated rings. The molecule has 1 N–H and O–H groups in total. The third-order valence-corrected chi connectivity index (χ3v) is 5.17. The third-order valence-electron chi connectivity index (χ3n) is 4.89. The first-order chi connectivity index (χ1) is 12.5. The first kappa shape index (κ1) is 18.6. The van der Waals surface area contributed by atoms with Crippen LogP contribution in [0.1, 0.15) is 42.7 Å². The van der Waals surface area contributed by atoms with E-state index in [1.165, 1.54) is 18.3 Å². The highest BCUT2D eigenvalue weighted by atomic mass is 35.5. The fourth-order valence-corrected chi connectivity index (χ4v) is 3.21. The minimum Gasteiger partial charge on any atom is -0.350 e. The van der Waals surface area contributed by atoms with Gasteiger partial charge in [-0.3, -0.25) is 4.79 Å². The summed E-state index contributed by atoms with van der Waals surface area (Å²) in [5.41, 5.74) is 1.10. The molecule has 0 saturated heterocycles. The number of aromatic nitrogens is 2. The molecule has 0 atom stereocenters. The second kappa shape index (κ2) is 7.58. The van der Waals surface area contributed by atoms with Crippen LogP contribution in [0.15, 0.2) is 30.5 Å². The van der Waals surface area contributed by atoms with E-state index < -0.39 is 0 Å². The number of hydrogen-bond donors (Lipinski definition) is 1. The molecule has 2 aromatic rings. The van der Waals surface area contributed by atoms with Gasteiger partial charge in [0.2, 0.25) is 5.95 Å². The minimum atomic E-state index is -0.320. The number of rotatable bonds is 7. The van der Waals surface area contributed by atoms with E-state index in [0.717, 1.165) is 31.5 Å². The fourth-order valence-electron chi connectivity index (χ4n) is 3.03. The van der Waals surface area contributed by atoms with Crippen LogP contribution in [0.4, 0.5) is 10.3 Å². The van der Waals surface area contributed by atoms with Crippen LogP contribution >= 0.6 is 11.6 Å². The zero-order chi connectivity index (χ0) is 18.7. The Morgan fingerprint density at radius 3 is 2.50 bits per heavy atom. The van der Waals surface area contributed by atoms with Gasteiger partial charge in [0.1, 0.15) is 5.82 Å². The van der Waals surface area contributed by atoms with E-state index in [9.17, 15) is 9.18 Å². The summed E-state index contributed by atoms with van der Waals surface area (Å²) in [4.78, 5) is 23.1. The predicted molar refractivity (Wildman–Crippen MR) is 100 cm³/mol. The average molecular weight is 377 g/mol. The van der Waals surface area contributed by atoms with Gasteiger partial charge >= 0.3 is 0 Å². The van der Waals surface area contributed by atoms with Gasteiger partial charge in [0.15, 0.2) is 5.69 Å². The van der Waals surface area contributed by atoms with Crippen molar-refractivity contribution in [3.63, 3.8) is 0 Å². The number of hydrogen-bond acceptors (Lipinski definition) is 4. The molecule has 1 aromatic heterocycles. The van der Waals surface area contributed by atoms with Crippen molar-refractivity contribution in [2.45, 2.75) is 32.1 Å². The van der Waals surface area contributed by atoms with Crippen molar-refractivity contribution in [2.24, 2.45) is 0 Å². The van der Waals surface area contributed by atoms with Crippen molar-refractivity contribution >= 4 is 23.5 Å². The van der Waals surface area contributed by atoms with Crippen LogP contribution in [0.2, 0.25) is 5.02 Å². The van der Waals surface area contributed by atoms with Crippen molar-refractivity contribution in [1.29, 1.82) is 0 Å². The van der Waals surface area contributed by atoms with Gasteiger partial charge in [-0.2, -0.15) is 0 Å². The van der Waals surface area contributed by atoms with Gasteiger partial charge in [0.25, 0.3) is 5.91 Å². The number of halogens is 2. The Morgan fingerprint density at radius 2 is 1.92 bits per heavy atom. The largest absolute Gasteiger partial charge is 0.350 e. The molecule has 0 spiro atoms. The van der Waals surface area contributed by atoms with Crippen LogP contribution in [-0.2, 0) is 5.41 Å². The Bertz CT molecular complexity index is 789. The summed E-state index contributed by atoms with van der Waals surface area (Å²) < 4.78 is 13.1. The summed E-state index contributed by atoms with van der Waals surface area (Å²) in [6, 6.07) is 6.47. The molecule has 3 rings (SSSR count). The molecule has 0 radical (unpaired) electrons. The molecule has 0 unspecified atom stereocenters. The van der Waals surface area contributed by atoms with E-state index in [1.54, 1.807) is 12.1 Å². The van der Waals surface area contributed by atoms with Crippen molar-refractivity contribution in [3.05, 3.63) is 52.6 Å². The highest BCUT2D eigenvalue weighted by molar-refractivity contribution is 6.33. The Labute approximate surface area is 157 Å². The molecular weight excluding hydrogens is 355 g/mol.